The molecule has 0 amide bonds. The van der Waals surface area contributed by atoms with Gasteiger partial charge in [0, 0.05) is 5.56 Å². The Morgan fingerprint density at radius 2 is 1.71 bits per heavy atom. The van der Waals surface area contributed by atoms with Crippen LogP contribution in [0.2, 0.25) is 0 Å². The first-order chi connectivity index (χ1) is 15.2. The standard InChI is InChI=1S/C26H23N3O2/c1-20-7-9-22(10-8-20)17-29-18-24(27-28-29)19-31-25-14-12-23(13-15-25)26(30)16-11-21-5-3-2-4-6-21/h2-16,18H,17,19H2,1H3/b16-11+. The van der Waals surface area contributed by atoms with E-state index in [-0.39, 0.29) is 5.78 Å². The highest BCUT2D eigenvalue weighted by molar-refractivity contribution is 6.06. The van der Waals surface area contributed by atoms with Gasteiger partial charge in [0.15, 0.2) is 5.78 Å². The molecule has 0 radical (unpaired) electrons. The molecule has 0 spiro atoms. The minimum Gasteiger partial charge on any atom is -0.487 e. The van der Waals surface area contributed by atoms with Crippen molar-refractivity contribution in [3.8, 4) is 5.75 Å². The summed E-state index contributed by atoms with van der Waals surface area (Å²) < 4.78 is 7.59. The Bertz CT molecular complexity index is 1160. The summed E-state index contributed by atoms with van der Waals surface area (Å²) in [6, 6.07) is 25.2. The Hall–Kier alpha value is -3.99. The van der Waals surface area contributed by atoms with Crippen molar-refractivity contribution < 1.29 is 9.53 Å². The Labute approximate surface area is 181 Å². The van der Waals surface area contributed by atoms with Crippen LogP contribution in [0.4, 0.5) is 0 Å². The molecule has 31 heavy (non-hydrogen) atoms. The summed E-state index contributed by atoms with van der Waals surface area (Å²) in [5, 5.41) is 8.33. The van der Waals surface area contributed by atoms with E-state index in [2.05, 4.69) is 41.5 Å². The number of carbonyl (C=O) groups is 1. The average Bonchev–Trinajstić information content (AvgIpc) is 3.26. The molecule has 0 N–H and O–H groups in total. The fourth-order valence-electron chi connectivity index (χ4n) is 3.07. The molecule has 0 unspecified atom stereocenters. The maximum atomic E-state index is 12.3. The lowest BCUT2D eigenvalue weighted by Gasteiger charge is -2.04. The van der Waals surface area contributed by atoms with Gasteiger partial charge in [-0.15, -0.1) is 5.10 Å². The summed E-state index contributed by atoms with van der Waals surface area (Å²) in [5.41, 5.74) is 4.76. The quantitative estimate of drug-likeness (QED) is 0.300. The van der Waals surface area contributed by atoms with Gasteiger partial charge in [0.2, 0.25) is 0 Å². The molecule has 0 aliphatic heterocycles. The number of benzene rings is 3. The highest BCUT2D eigenvalue weighted by Gasteiger charge is 2.05. The van der Waals surface area contributed by atoms with E-state index in [1.54, 1.807) is 35.0 Å². The second kappa shape index (κ2) is 9.67. The van der Waals surface area contributed by atoms with Gasteiger partial charge in [0.1, 0.15) is 18.1 Å². The number of ketones is 1. The largest absolute Gasteiger partial charge is 0.487 e. The highest BCUT2D eigenvalue weighted by Crippen LogP contribution is 2.15. The third-order valence-electron chi connectivity index (χ3n) is 4.80. The summed E-state index contributed by atoms with van der Waals surface area (Å²) in [6.07, 6.45) is 5.27. The van der Waals surface area contributed by atoms with Gasteiger partial charge >= 0.3 is 0 Å². The van der Waals surface area contributed by atoms with Crippen molar-refractivity contribution in [1.82, 2.24) is 15.0 Å². The van der Waals surface area contributed by atoms with Crippen LogP contribution in [-0.4, -0.2) is 20.8 Å². The lowest BCUT2D eigenvalue weighted by molar-refractivity contribution is 0.104. The normalized spacial score (nSPS) is 11.0. The molecule has 0 atom stereocenters. The van der Waals surface area contributed by atoms with Crippen LogP contribution in [0.25, 0.3) is 6.08 Å². The molecule has 1 heterocycles. The van der Waals surface area contributed by atoms with Crippen LogP contribution in [0, 0.1) is 6.92 Å². The summed E-state index contributed by atoms with van der Waals surface area (Å²) in [7, 11) is 0. The monoisotopic (exact) mass is 409 g/mol. The Balaban J connectivity index is 1.30. The lowest BCUT2D eigenvalue weighted by Crippen LogP contribution is -2.00. The third-order valence-corrected chi connectivity index (χ3v) is 4.80. The van der Waals surface area contributed by atoms with Crippen LogP contribution >= 0.6 is 0 Å². The molecule has 0 saturated heterocycles. The molecule has 154 valence electrons. The number of aryl methyl sites for hydroxylation is 1. The number of aromatic nitrogens is 3. The molecule has 1 aromatic heterocycles. The molecule has 4 aromatic rings. The SMILES string of the molecule is Cc1ccc(Cn2cc(COc3ccc(C(=O)/C=C/c4ccccc4)cc3)nn2)cc1. The first-order valence-corrected chi connectivity index (χ1v) is 10.1. The first-order valence-electron chi connectivity index (χ1n) is 10.1. The molecule has 5 nitrogen and oxygen atoms in total. The van der Waals surface area contributed by atoms with Crippen molar-refractivity contribution >= 4 is 11.9 Å². The number of nitrogens with zero attached hydrogens (tertiary/aromatic N) is 3. The zero-order valence-electron chi connectivity index (χ0n) is 17.3. The molecule has 4 rings (SSSR count). The van der Waals surface area contributed by atoms with Gasteiger partial charge < -0.3 is 4.74 Å². The van der Waals surface area contributed by atoms with Gasteiger partial charge in [-0.2, -0.15) is 0 Å². The smallest absolute Gasteiger partial charge is 0.185 e. The summed E-state index contributed by atoms with van der Waals surface area (Å²) >= 11 is 0. The van der Waals surface area contributed by atoms with E-state index in [0.717, 1.165) is 11.3 Å². The predicted octanol–water partition coefficient (Wildman–Crippen LogP) is 5.11. The minimum absolute atomic E-state index is 0.0468. The van der Waals surface area contributed by atoms with Gasteiger partial charge in [-0.3, -0.25) is 4.79 Å². The molecule has 0 aliphatic carbocycles. The van der Waals surface area contributed by atoms with E-state index < -0.39 is 0 Å². The summed E-state index contributed by atoms with van der Waals surface area (Å²) in [5.74, 6) is 0.631. The van der Waals surface area contributed by atoms with Crippen LogP contribution in [0.15, 0.2) is 91.1 Å². The fourth-order valence-corrected chi connectivity index (χ4v) is 3.07. The van der Waals surface area contributed by atoms with E-state index >= 15 is 0 Å². The predicted molar refractivity (Wildman–Crippen MR) is 121 cm³/mol. The van der Waals surface area contributed by atoms with Crippen LogP contribution in [0.5, 0.6) is 5.75 Å². The van der Waals surface area contributed by atoms with E-state index in [1.165, 1.54) is 11.1 Å². The number of carbonyl (C=O) groups excluding carboxylic acids is 1. The van der Waals surface area contributed by atoms with Crippen molar-refractivity contribution in [2.24, 2.45) is 0 Å². The fraction of sp³-hybridized carbons (Fsp3) is 0.115. The maximum absolute atomic E-state index is 12.3. The van der Waals surface area contributed by atoms with Crippen LogP contribution in [-0.2, 0) is 13.2 Å². The van der Waals surface area contributed by atoms with Gasteiger partial charge in [0.25, 0.3) is 0 Å². The van der Waals surface area contributed by atoms with Crippen molar-refractivity contribution in [1.29, 1.82) is 0 Å². The number of allylic oxidation sites excluding steroid dienone is 1. The molecular weight excluding hydrogens is 386 g/mol. The lowest BCUT2D eigenvalue weighted by atomic mass is 10.1. The van der Waals surface area contributed by atoms with Gasteiger partial charge in [-0.1, -0.05) is 71.5 Å². The van der Waals surface area contributed by atoms with Crippen molar-refractivity contribution in [2.75, 3.05) is 0 Å². The average molecular weight is 409 g/mol. The highest BCUT2D eigenvalue weighted by atomic mass is 16.5. The zero-order chi connectivity index (χ0) is 21.5. The van der Waals surface area contributed by atoms with Gasteiger partial charge in [-0.25, -0.2) is 4.68 Å². The van der Waals surface area contributed by atoms with Crippen LogP contribution in [0.1, 0.15) is 32.7 Å². The zero-order valence-corrected chi connectivity index (χ0v) is 17.3. The van der Waals surface area contributed by atoms with Gasteiger partial charge in [-0.05, 0) is 48.4 Å². The first kappa shape index (κ1) is 20.3. The van der Waals surface area contributed by atoms with E-state index in [4.69, 9.17) is 4.74 Å². The second-order valence-electron chi connectivity index (χ2n) is 7.31. The van der Waals surface area contributed by atoms with Crippen LogP contribution in [0.3, 0.4) is 0 Å². The number of ether oxygens (including phenoxy) is 1. The third kappa shape index (κ3) is 5.76. The molecule has 0 fully saturated rings. The molecule has 5 heteroatoms. The van der Waals surface area contributed by atoms with E-state index in [1.807, 2.05) is 42.6 Å². The molecule has 0 saturated carbocycles. The van der Waals surface area contributed by atoms with Crippen molar-refractivity contribution in [2.45, 2.75) is 20.1 Å². The Morgan fingerprint density at radius 1 is 0.968 bits per heavy atom. The summed E-state index contributed by atoms with van der Waals surface area (Å²) in [4.78, 5) is 12.3. The molecular formula is C26H23N3O2. The van der Waals surface area contributed by atoms with Gasteiger partial charge in [0.05, 0.1) is 12.7 Å². The number of hydrogen-bond donors (Lipinski definition) is 0. The summed E-state index contributed by atoms with van der Waals surface area (Å²) in [6.45, 7) is 3.05. The molecule has 0 aliphatic rings. The topological polar surface area (TPSA) is 57.0 Å². The molecule has 3 aromatic carbocycles. The number of hydrogen-bond acceptors (Lipinski definition) is 4. The maximum Gasteiger partial charge on any atom is 0.185 e. The van der Waals surface area contributed by atoms with Crippen molar-refractivity contribution in [3.05, 3.63) is 119 Å². The van der Waals surface area contributed by atoms with Crippen LogP contribution < -0.4 is 4.74 Å². The second-order valence-corrected chi connectivity index (χ2v) is 7.31. The Morgan fingerprint density at radius 3 is 2.45 bits per heavy atom. The van der Waals surface area contributed by atoms with E-state index in [9.17, 15) is 4.79 Å². The minimum atomic E-state index is -0.0468. The van der Waals surface area contributed by atoms with E-state index in [0.29, 0.717) is 24.5 Å². The Kier molecular flexibility index (Phi) is 6.33. The van der Waals surface area contributed by atoms with Crippen molar-refractivity contribution in [3.63, 3.8) is 0 Å². The molecule has 0 bridgehead atoms. The number of rotatable bonds is 8.